The molecule has 0 aliphatic carbocycles. The number of rotatable bonds is 6. The molecule has 0 aromatic heterocycles. The van der Waals surface area contributed by atoms with E-state index in [0.717, 1.165) is 0 Å². The normalized spacial score (nSPS) is 13.6. The van der Waals surface area contributed by atoms with Gasteiger partial charge in [-0.1, -0.05) is 18.2 Å². The van der Waals surface area contributed by atoms with Crippen molar-refractivity contribution in [2.45, 2.75) is 25.2 Å². The van der Waals surface area contributed by atoms with Crippen LogP contribution in [-0.4, -0.2) is 26.2 Å². The minimum Gasteiger partial charge on any atom is -0.393 e. The van der Waals surface area contributed by atoms with E-state index in [2.05, 4.69) is 4.72 Å². The Labute approximate surface area is 101 Å². The van der Waals surface area contributed by atoms with Crippen LogP contribution >= 0.6 is 0 Å². The van der Waals surface area contributed by atoms with Crippen molar-refractivity contribution in [3.63, 3.8) is 0 Å². The number of benzene rings is 1. The molecule has 0 saturated heterocycles. The van der Waals surface area contributed by atoms with Crippen LogP contribution in [0.5, 0.6) is 0 Å². The minimum absolute atomic E-state index is 0.136. The van der Waals surface area contributed by atoms with E-state index in [9.17, 15) is 12.8 Å². The molecule has 1 unspecified atom stereocenters. The van der Waals surface area contributed by atoms with Gasteiger partial charge in [0.15, 0.2) is 0 Å². The molecule has 1 aromatic rings. The van der Waals surface area contributed by atoms with E-state index in [-0.39, 0.29) is 17.9 Å². The standard InChI is InChI=1S/C11H16FNO3S/c1-9(14)6-7-13-17(15,16)8-10-4-2-3-5-11(10)12/h2-5,9,13-14H,6-8H2,1H3. The molecule has 0 spiro atoms. The number of aliphatic hydroxyl groups is 1. The topological polar surface area (TPSA) is 66.4 Å². The van der Waals surface area contributed by atoms with Gasteiger partial charge in [0.1, 0.15) is 5.82 Å². The summed E-state index contributed by atoms with van der Waals surface area (Å²) in [7, 11) is -3.55. The maximum Gasteiger partial charge on any atom is 0.215 e. The van der Waals surface area contributed by atoms with E-state index in [4.69, 9.17) is 5.11 Å². The Hall–Kier alpha value is -0.980. The number of nitrogens with one attached hydrogen (secondary N) is 1. The first kappa shape index (κ1) is 14.1. The molecular formula is C11H16FNO3S. The van der Waals surface area contributed by atoms with Crippen LogP contribution in [0.2, 0.25) is 0 Å². The quantitative estimate of drug-likeness (QED) is 0.803. The molecule has 2 N–H and O–H groups in total. The number of hydrogen-bond acceptors (Lipinski definition) is 3. The molecule has 1 rings (SSSR count). The maximum absolute atomic E-state index is 13.2. The van der Waals surface area contributed by atoms with Crippen molar-refractivity contribution in [3.8, 4) is 0 Å². The molecule has 0 heterocycles. The SMILES string of the molecule is CC(O)CCNS(=O)(=O)Cc1ccccc1F. The van der Waals surface area contributed by atoms with Crippen LogP contribution < -0.4 is 4.72 Å². The Balaban J connectivity index is 2.58. The van der Waals surface area contributed by atoms with Crippen molar-refractivity contribution in [1.29, 1.82) is 0 Å². The predicted octanol–water partition coefficient (Wildman–Crippen LogP) is 1.02. The summed E-state index contributed by atoms with van der Waals surface area (Å²) in [5.41, 5.74) is 0.136. The zero-order valence-electron chi connectivity index (χ0n) is 9.56. The van der Waals surface area contributed by atoms with Crippen molar-refractivity contribution in [3.05, 3.63) is 35.6 Å². The smallest absolute Gasteiger partial charge is 0.215 e. The van der Waals surface area contributed by atoms with E-state index >= 15 is 0 Å². The van der Waals surface area contributed by atoms with Crippen molar-refractivity contribution in [1.82, 2.24) is 4.72 Å². The summed E-state index contributed by atoms with van der Waals surface area (Å²) in [6.45, 7) is 1.72. The Morgan fingerprint density at radius 1 is 1.41 bits per heavy atom. The van der Waals surface area contributed by atoms with Gasteiger partial charge >= 0.3 is 0 Å². The fourth-order valence-corrected chi connectivity index (χ4v) is 2.47. The lowest BCUT2D eigenvalue weighted by atomic mass is 10.2. The second-order valence-electron chi connectivity index (χ2n) is 3.88. The first-order valence-electron chi connectivity index (χ1n) is 5.29. The van der Waals surface area contributed by atoms with Gasteiger partial charge in [-0.25, -0.2) is 17.5 Å². The Kier molecular flexibility index (Phi) is 5.04. The van der Waals surface area contributed by atoms with Crippen molar-refractivity contribution >= 4 is 10.0 Å². The van der Waals surface area contributed by atoms with Gasteiger partial charge in [-0.05, 0) is 19.4 Å². The highest BCUT2D eigenvalue weighted by Crippen LogP contribution is 2.09. The van der Waals surface area contributed by atoms with Crippen LogP contribution in [0.3, 0.4) is 0 Å². The lowest BCUT2D eigenvalue weighted by molar-refractivity contribution is 0.186. The average Bonchev–Trinajstić information content (AvgIpc) is 2.20. The van der Waals surface area contributed by atoms with Crippen LogP contribution in [-0.2, 0) is 15.8 Å². The highest BCUT2D eigenvalue weighted by molar-refractivity contribution is 7.88. The lowest BCUT2D eigenvalue weighted by Crippen LogP contribution is -2.28. The number of sulfonamides is 1. The first-order chi connectivity index (χ1) is 7.91. The molecule has 0 aliphatic rings. The monoisotopic (exact) mass is 261 g/mol. The molecule has 17 heavy (non-hydrogen) atoms. The van der Waals surface area contributed by atoms with Gasteiger partial charge in [0.25, 0.3) is 0 Å². The van der Waals surface area contributed by atoms with Gasteiger partial charge in [-0.15, -0.1) is 0 Å². The second kappa shape index (κ2) is 6.09. The van der Waals surface area contributed by atoms with Gasteiger partial charge in [-0.2, -0.15) is 0 Å². The molecule has 1 aromatic carbocycles. The Morgan fingerprint density at radius 3 is 2.65 bits per heavy atom. The van der Waals surface area contributed by atoms with Gasteiger partial charge in [0.05, 0.1) is 11.9 Å². The van der Waals surface area contributed by atoms with E-state index < -0.39 is 21.9 Å². The maximum atomic E-state index is 13.2. The molecule has 1 atom stereocenters. The molecule has 0 radical (unpaired) electrons. The summed E-state index contributed by atoms with van der Waals surface area (Å²) in [6, 6.07) is 5.75. The number of aliphatic hydroxyl groups excluding tert-OH is 1. The zero-order valence-corrected chi connectivity index (χ0v) is 10.4. The molecule has 96 valence electrons. The van der Waals surface area contributed by atoms with Gasteiger partial charge in [0.2, 0.25) is 10.0 Å². The van der Waals surface area contributed by atoms with Gasteiger partial charge in [-0.3, -0.25) is 0 Å². The lowest BCUT2D eigenvalue weighted by Gasteiger charge is -2.08. The van der Waals surface area contributed by atoms with Crippen LogP contribution in [0.1, 0.15) is 18.9 Å². The third kappa shape index (κ3) is 5.25. The molecule has 6 heteroatoms. The fourth-order valence-electron chi connectivity index (χ4n) is 1.29. The molecule has 0 saturated carbocycles. The van der Waals surface area contributed by atoms with Crippen LogP contribution in [0.4, 0.5) is 4.39 Å². The summed E-state index contributed by atoms with van der Waals surface area (Å²) >= 11 is 0. The molecule has 0 amide bonds. The highest BCUT2D eigenvalue weighted by atomic mass is 32.2. The van der Waals surface area contributed by atoms with Gasteiger partial charge in [0, 0.05) is 12.1 Å². The highest BCUT2D eigenvalue weighted by Gasteiger charge is 2.13. The minimum atomic E-state index is -3.55. The summed E-state index contributed by atoms with van der Waals surface area (Å²) in [6.07, 6.45) is -0.234. The van der Waals surface area contributed by atoms with E-state index in [1.54, 1.807) is 13.0 Å². The third-order valence-electron chi connectivity index (χ3n) is 2.19. The second-order valence-corrected chi connectivity index (χ2v) is 5.69. The molecule has 0 bridgehead atoms. The number of hydrogen-bond donors (Lipinski definition) is 2. The van der Waals surface area contributed by atoms with E-state index in [1.165, 1.54) is 18.2 Å². The van der Waals surface area contributed by atoms with Crippen LogP contribution in [0.25, 0.3) is 0 Å². The summed E-state index contributed by atoms with van der Waals surface area (Å²) < 4.78 is 38.7. The van der Waals surface area contributed by atoms with Crippen LogP contribution in [0.15, 0.2) is 24.3 Å². The summed E-state index contributed by atoms with van der Waals surface area (Å²) in [4.78, 5) is 0. The predicted molar refractivity (Wildman–Crippen MR) is 63.3 cm³/mol. The Bertz CT molecular complexity index is 460. The van der Waals surface area contributed by atoms with E-state index in [0.29, 0.717) is 6.42 Å². The average molecular weight is 261 g/mol. The molecule has 4 nitrogen and oxygen atoms in total. The number of halogens is 1. The fraction of sp³-hybridized carbons (Fsp3) is 0.455. The van der Waals surface area contributed by atoms with Crippen molar-refractivity contribution in [2.24, 2.45) is 0 Å². The van der Waals surface area contributed by atoms with E-state index in [1.807, 2.05) is 0 Å². The third-order valence-corrected chi connectivity index (χ3v) is 3.52. The summed E-state index contributed by atoms with van der Waals surface area (Å²) in [5, 5.41) is 8.99. The van der Waals surface area contributed by atoms with Gasteiger partial charge < -0.3 is 5.11 Å². The van der Waals surface area contributed by atoms with Crippen molar-refractivity contribution in [2.75, 3.05) is 6.54 Å². The van der Waals surface area contributed by atoms with Crippen LogP contribution in [0, 0.1) is 5.82 Å². The largest absolute Gasteiger partial charge is 0.393 e. The Morgan fingerprint density at radius 2 is 2.06 bits per heavy atom. The molecule has 0 aliphatic heterocycles. The van der Waals surface area contributed by atoms with Crippen molar-refractivity contribution < 1.29 is 17.9 Å². The molecule has 0 fully saturated rings. The summed E-state index contributed by atoms with van der Waals surface area (Å²) in [5.74, 6) is -0.923. The first-order valence-corrected chi connectivity index (χ1v) is 6.95. The zero-order chi connectivity index (χ0) is 12.9. The molecular weight excluding hydrogens is 245 g/mol.